The number of imidazole rings is 1. The van der Waals surface area contributed by atoms with Gasteiger partial charge in [-0.25, -0.2) is 4.98 Å². The van der Waals surface area contributed by atoms with Crippen molar-refractivity contribution in [1.82, 2.24) is 9.55 Å². The topological polar surface area (TPSA) is 76.4 Å². The number of ether oxygens (including phenoxy) is 1. The Bertz CT molecular complexity index is 1370. The molecule has 5 rings (SSSR count). The van der Waals surface area contributed by atoms with Crippen molar-refractivity contribution in [2.24, 2.45) is 0 Å². The molecule has 0 radical (unpaired) electrons. The molecule has 168 valence electrons. The lowest BCUT2D eigenvalue weighted by atomic mass is 9.98. The van der Waals surface area contributed by atoms with Gasteiger partial charge in [-0.2, -0.15) is 0 Å². The van der Waals surface area contributed by atoms with Crippen molar-refractivity contribution in [2.75, 3.05) is 11.9 Å². The Kier molecular flexibility index (Phi) is 5.29. The third-order valence-electron chi connectivity index (χ3n) is 6.43. The maximum atomic E-state index is 11.1. The highest BCUT2D eigenvalue weighted by Crippen LogP contribution is 2.38. The van der Waals surface area contributed by atoms with Gasteiger partial charge in [0.05, 0.1) is 29.7 Å². The molecule has 3 aromatic carbocycles. The number of hydrogen-bond acceptors (Lipinski definition) is 4. The van der Waals surface area contributed by atoms with Crippen LogP contribution in [0, 0.1) is 20.8 Å². The molecule has 2 heterocycles. The average molecular weight is 442 g/mol. The van der Waals surface area contributed by atoms with Crippen molar-refractivity contribution in [3.8, 4) is 11.4 Å². The van der Waals surface area contributed by atoms with Crippen LogP contribution >= 0.6 is 0 Å². The minimum Gasteiger partial charge on any atom is -0.493 e. The van der Waals surface area contributed by atoms with Crippen molar-refractivity contribution in [1.29, 1.82) is 0 Å². The minimum absolute atomic E-state index is 0.0810. The highest BCUT2D eigenvalue weighted by molar-refractivity contribution is 5.79. The van der Waals surface area contributed by atoms with Crippen LogP contribution in [0.2, 0.25) is 0 Å². The molecule has 0 amide bonds. The molecular weight excluding hydrogens is 414 g/mol. The van der Waals surface area contributed by atoms with Gasteiger partial charge in [0.2, 0.25) is 0 Å². The van der Waals surface area contributed by atoms with Gasteiger partial charge in [0.25, 0.3) is 0 Å². The molecule has 0 saturated heterocycles. The van der Waals surface area contributed by atoms with Gasteiger partial charge in [0, 0.05) is 29.8 Å². The zero-order valence-electron chi connectivity index (χ0n) is 19.1. The standard InChI is InChI=1S/C27H27N3O3/c1-16-7-10-25-23(11-16)29-18(3)30(25)24-6-4-5-19(17(24)2)14-28-21-8-9-22-20(12-27(31)32)15-33-26(22)13-21/h4-11,13,20,28H,12,14-15H2,1-3H3,(H,31,32)/t20-/m1/s1. The number of nitrogens with one attached hydrogen (secondary N) is 1. The van der Waals surface area contributed by atoms with Crippen LogP contribution in [0.15, 0.2) is 54.6 Å². The quantitative estimate of drug-likeness (QED) is 0.412. The van der Waals surface area contributed by atoms with E-state index in [9.17, 15) is 4.79 Å². The van der Waals surface area contributed by atoms with Crippen LogP contribution in [-0.4, -0.2) is 27.2 Å². The second kappa shape index (κ2) is 8.28. The highest BCUT2D eigenvalue weighted by Gasteiger charge is 2.26. The first-order valence-electron chi connectivity index (χ1n) is 11.2. The number of carboxylic acids is 1. The van der Waals surface area contributed by atoms with Crippen LogP contribution in [-0.2, 0) is 11.3 Å². The summed E-state index contributed by atoms with van der Waals surface area (Å²) in [5.41, 5.74) is 8.78. The Morgan fingerprint density at radius 1 is 1.15 bits per heavy atom. The van der Waals surface area contributed by atoms with E-state index in [2.05, 4.69) is 60.1 Å². The average Bonchev–Trinajstić information content (AvgIpc) is 3.32. The molecule has 0 saturated carbocycles. The van der Waals surface area contributed by atoms with Crippen molar-refractivity contribution in [2.45, 2.75) is 39.7 Å². The van der Waals surface area contributed by atoms with Gasteiger partial charge in [0.15, 0.2) is 0 Å². The summed E-state index contributed by atoms with van der Waals surface area (Å²) in [5, 5.41) is 12.6. The smallest absolute Gasteiger partial charge is 0.304 e. The summed E-state index contributed by atoms with van der Waals surface area (Å²) < 4.78 is 7.97. The summed E-state index contributed by atoms with van der Waals surface area (Å²) in [6.45, 7) is 7.36. The van der Waals surface area contributed by atoms with Crippen LogP contribution in [0.25, 0.3) is 16.7 Å². The lowest BCUT2D eigenvalue weighted by molar-refractivity contribution is -0.137. The molecule has 0 fully saturated rings. The number of hydrogen-bond donors (Lipinski definition) is 2. The molecule has 33 heavy (non-hydrogen) atoms. The summed E-state index contributed by atoms with van der Waals surface area (Å²) in [6.07, 6.45) is 0.0910. The largest absolute Gasteiger partial charge is 0.493 e. The number of nitrogens with zero attached hydrogens (tertiary/aromatic N) is 2. The molecule has 4 aromatic rings. The first-order chi connectivity index (χ1) is 15.9. The van der Waals surface area contributed by atoms with Gasteiger partial charge in [0.1, 0.15) is 11.6 Å². The fourth-order valence-corrected chi connectivity index (χ4v) is 4.68. The monoisotopic (exact) mass is 441 g/mol. The Hall–Kier alpha value is -3.80. The summed E-state index contributed by atoms with van der Waals surface area (Å²) in [5.74, 6) is 0.857. The number of carbonyl (C=O) groups is 1. The van der Waals surface area contributed by atoms with E-state index in [0.29, 0.717) is 13.2 Å². The molecule has 2 N–H and O–H groups in total. The lowest BCUT2D eigenvalue weighted by Gasteiger charge is -2.16. The Morgan fingerprint density at radius 3 is 2.82 bits per heavy atom. The minimum atomic E-state index is -0.801. The third kappa shape index (κ3) is 3.93. The van der Waals surface area contributed by atoms with E-state index in [1.54, 1.807) is 0 Å². The first kappa shape index (κ1) is 21.1. The third-order valence-corrected chi connectivity index (χ3v) is 6.43. The van der Waals surface area contributed by atoms with Gasteiger partial charge in [-0.15, -0.1) is 0 Å². The van der Waals surface area contributed by atoms with Crippen LogP contribution < -0.4 is 10.1 Å². The Morgan fingerprint density at radius 2 is 2.00 bits per heavy atom. The highest BCUT2D eigenvalue weighted by atomic mass is 16.5. The van der Waals surface area contributed by atoms with Crippen molar-refractivity contribution in [3.05, 3.63) is 82.7 Å². The lowest BCUT2D eigenvalue weighted by Crippen LogP contribution is -2.07. The van der Waals surface area contributed by atoms with Gasteiger partial charge in [-0.1, -0.05) is 24.3 Å². The van der Waals surface area contributed by atoms with Crippen molar-refractivity contribution in [3.63, 3.8) is 0 Å². The normalized spacial score (nSPS) is 14.8. The maximum absolute atomic E-state index is 11.1. The van der Waals surface area contributed by atoms with Crippen molar-refractivity contribution >= 4 is 22.7 Å². The molecule has 0 spiro atoms. The number of carboxylic acid groups (broad SMARTS) is 1. The number of aromatic nitrogens is 2. The number of anilines is 1. The van der Waals surface area contributed by atoms with Crippen LogP contribution in [0.4, 0.5) is 5.69 Å². The van der Waals surface area contributed by atoms with E-state index >= 15 is 0 Å². The predicted molar refractivity (Wildman–Crippen MR) is 130 cm³/mol. The summed E-state index contributed by atoms with van der Waals surface area (Å²) in [7, 11) is 0. The molecule has 0 aliphatic carbocycles. The predicted octanol–water partition coefficient (Wildman–Crippen LogP) is 5.51. The fraction of sp³-hybridized carbons (Fsp3) is 0.259. The van der Waals surface area contributed by atoms with Crippen LogP contribution in [0.1, 0.15) is 40.4 Å². The second-order valence-electron chi connectivity index (χ2n) is 8.76. The van der Waals surface area contributed by atoms with Crippen LogP contribution in [0.3, 0.4) is 0 Å². The Balaban J connectivity index is 1.39. The summed E-state index contributed by atoms with van der Waals surface area (Å²) in [4.78, 5) is 15.8. The molecule has 0 bridgehead atoms. The molecule has 1 aliphatic rings. The van der Waals surface area contributed by atoms with E-state index < -0.39 is 5.97 Å². The molecule has 1 aliphatic heterocycles. The zero-order valence-corrected chi connectivity index (χ0v) is 19.1. The van der Waals surface area contributed by atoms with E-state index in [0.717, 1.165) is 39.5 Å². The number of rotatable bonds is 6. The van der Waals surface area contributed by atoms with E-state index in [1.165, 1.54) is 16.7 Å². The van der Waals surface area contributed by atoms with E-state index in [4.69, 9.17) is 14.8 Å². The van der Waals surface area contributed by atoms with Gasteiger partial charge in [-0.05, 0) is 61.7 Å². The summed E-state index contributed by atoms with van der Waals surface area (Å²) in [6, 6.07) is 18.7. The molecular formula is C27H27N3O3. The Labute approximate surface area is 192 Å². The molecule has 0 unspecified atom stereocenters. The van der Waals surface area contributed by atoms with Gasteiger partial charge < -0.3 is 15.2 Å². The first-order valence-corrected chi connectivity index (χ1v) is 11.2. The second-order valence-corrected chi connectivity index (χ2v) is 8.76. The molecule has 6 nitrogen and oxygen atoms in total. The fourth-order valence-electron chi connectivity index (χ4n) is 4.68. The number of aryl methyl sites for hydroxylation is 2. The van der Waals surface area contributed by atoms with Crippen molar-refractivity contribution < 1.29 is 14.6 Å². The number of aliphatic carboxylic acids is 1. The molecule has 1 aromatic heterocycles. The SMILES string of the molecule is Cc1ccc2c(c1)nc(C)n2-c1cccc(CNc2ccc3c(c2)OC[C@H]3CC(=O)O)c1C. The summed E-state index contributed by atoms with van der Waals surface area (Å²) >= 11 is 0. The maximum Gasteiger partial charge on any atom is 0.304 e. The van der Waals surface area contributed by atoms with Gasteiger partial charge >= 0.3 is 5.97 Å². The molecule has 1 atom stereocenters. The number of fused-ring (bicyclic) bond motifs is 2. The van der Waals surface area contributed by atoms with Crippen LogP contribution in [0.5, 0.6) is 5.75 Å². The number of benzene rings is 3. The van der Waals surface area contributed by atoms with Gasteiger partial charge in [-0.3, -0.25) is 9.36 Å². The van der Waals surface area contributed by atoms with E-state index in [-0.39, 0.29) is 12.3 Å². The van der Waals surface area contributed by atoms with E-state index in [1.807, 2.05) is 25.1 Å². The molecule has 6 heteroatoms. The zero-order chi connectivity index (χ0) is 23.1.